The molecule has 1 aliphatic rings. The van der Waals surface area contributed by atoms with Gasteiger partial charge in [0.2, 0.25) is 0 Å². The minimum absolute atomic E-state index is 0.157. The van der Waals surface area contributed by atoms with Crippen molar-refractivity contribution < 1.29 is 14.3 Å². The van der Waals surface area contributed by atoms with Crippen LogP contribution in [0.15, 0.2) is 0 Å². The van der Waals surface area contributed by atoms with Gasteiger partial charge >= 0.3 is 5.97 Å². The Bertz CT molecular complexity index is 253. The van der Waals surface area contributed by atoms with Crippen molar-refractivity contribution in [3.05, 3.63) is 0 Å². The van der Waals surface area contributed by atoms with Gasteiger partial charge in [0.1, 0.15) is 6.04 Å². The quantitative estimate of drug-likeness (QED) is 0.606. The van der Waals surface area contributed by atoms with Crippen molar-refractivity contribution in [3.8, 4) is 0 Å². The fourth-order valence-electron chi connectivity index (χ4n) is 1.57. The summed E-state index contributed by atoms with van der Waals surface area (Å²) in [6.45, 7) is 0.761. The van der Waals surface area contributed by atoms with Crippen molar-refractivity contribution in [1.82, 2.24) is 9.80 Å². The second-order valence-electron chi connectivity index (χ2n) is 4.03. The van der Waals surface area contributed by atoms with Gasteiger partial charge in [0, 0.05) is 14.1 Å². The molecule has 1 fully saturated rings. The number of likely N-dealkylation sites (N-methyl/N-ethyl adjacent to an activating group) is 2. The van der Waals surface area contributed by atoms with E-state index in [1.54, 1.807) is 14.1 Å². The first-order valence-corrected chi connectivity index (χ1v) is 5.09. The largest absolute Gasteiger partial charge is 0.454 e. The maximum absolute atomic E-state index is 11.5. The van der Waals surface area contributed by atoms with Gasteiger partial charge in [0.15, 0.2) is 6.61 Å². The topological polar surface area (TPSA) is 49.9 Å². The third-order valence-corrected chi connectivity index (χ3v) is 2.63. The van der Waals surface area contributed by atoms with E-state index in [9.17, 15) is 9.59 Å². The van der Waals surface area contributed by atoms with Crippen molar-refractivity contribution in [2.45, 2.75) is 18.9 Å². The van der Waals surface area contributed by atoms with E-state index in [1.807, 2.05) is 11.9 Å². The summed E-state index contributed by atoms with van der Waals surface area (Å²) in [5.41, 5.74) is 0. The van der Waals surface area contributed by atoms with Crippen molar-refractivity contribution in [3.63, 3.8) is 0 Å². The van der Waals surface area contributed by atoms with Gasteiger partial charge in [-0.1, -0.05) is 0 Å². The van der Waals surface area contributed by atoms with Gasteiger partial charge in [-0.3, -0.25) is 14.5 Å². The van der Waals surface area contributed by atoms with E-state index >= 15 is 0 Å². The van der Waals surface area contributed by atoms with E-state index in [0.29, 0.717) is 0 Å². The summed E-state index contributed by atoms with van der Waals surface area (Å²) in [6.07, 6.45) is 1.84. The van der Waals surface area contributed by atoms with Crippen molar-refractivity contribution in [1.29, 1.82) is 0 Å². The maximum atomic E-state index is 11.5. The molecule has 1 heterocycles. The molecule has 5 heteroatoms. The van der Waals surface area contributed by atoms with E-state index in [1.165, 1.54) is 4.90 Å². The zero-order valence-electron chi connectivity index (χ0n) is 9.52. The lowest BCUT2D eigenvalue weighted by Crippen LogP contribution is -2.36. The molecule has 0 aromatic carbocycles. The van der Waals surface area contributed by atoms with E-state index < -0.39 is 0 Å². The van der Waals surface area contributed by atoms with Crippen LogP contribution in [-0.4, -0.2) is 62.0 Å². The van der Waals surface area contributed by atoms with Gasteiger partial charge in [0.05, 0.1) is 0 Å². The highest BCUT2D eigenvalue weighted by Crippen LogP contribution is 2.15. The molecule has 1 atom stereocenters. The van der Waals surface area contributed by atoms with E-state index in [-0.39, 0.29) is 24.5 Å². The molecule has 0 radical (unpaired) electrons. The molecule has 5 nitrogen and oxygen atoms in total. The number of carbonyl (C=O) groups excluding carboxylic acids is 2. The molecule has 15 heavy (non-hydrogen) atoms. The fraction of sp³-hybridized carbons (Fsp3) is 0.800. The highest BCUT2D eigenvalue weighted by atomic mass is 16.5. The second-order valence-corrected chi connectivity index (χ2v) is 4.03. The molecule has 0 aliphatic carbocycles. The monoisotopic (exact) mass is 214 g/mol. The molecule has 1 rings (SSSR count). The van der Waals surface area contributed by atoms with Crippen LogP contribution in [0.4, 0.5) is 0 Å². The Morgan fingerprint density at radius 1 is 1.47 bits per heavy atom. The summed E-state index contributed by atoms with van der Waals surface area (Å²) < 4.78 is 4.95. The molecule has 86 valence electrons. The molecule has 0 saturated carbocycles. The Balaban J connectivity index is 2.33. The third-order valence-electron chi connectivity index (χ3n) is 2.63. The van der Waals surface area contributed by atoms with Crippen molar-refractivity contribution in [2.24, 2.45) is 0 Å². The average Bonchev–Trinajstić information content (AvgIpc) is 2.60. The fourth-order valence-corrected chi connectivity index (χ4v) is 1.57. The normalized spacial score (nSPS) is 21.4. The maximum Gasteiger partial charge on any atom is 0.323 e. The van der Waals surface area contributed by atoms with Gasteiger partial charge in [-0.25, -0.2) is 0 Å². The summed E-state index contributed by atoms with van der Waals surface area (Å²) in [4.78, 5) is 26.1. The Morgan fingerprint density at radius 2 is 2.13 bits per heavy atom. The molecule has 0 aromatic heterocycles. The van der Waals surface area contributed by atoms with Crippen LogP contribution in [0.3, 0.4) is 0 Å². The molecule has 0 spiro atoms. The average molecular weight is 214 g/mol. The van der Waals surface area contributed by atoms with E-state index in [2.05, 4.69) is 0 Å². The third kappa shape index (κ3) is 3.20. The Labute approximate surface area is 90.0 Å². The van der Waals surface area contributed by atoms with Crippen LogP contribution in [0.2, 0.25) is 0 Å². The van der Waals surface area contributed by atoms with Crippen LogP contribution in [0.1, 0.15) is 12.8 Å². The smallest absolute Gasteiger partial charge is 0.323 e. The van der Waals surface area contributed by atoms with Crippen LogP contribution < -0.4 is 0 Å². The molecule has 0 N–H and O–H groups in total. The van der Waals surface area contributed by atoms with Crippen molar-refractivity contribution >= 4 is 11.9 Å². The lowest BCUT2D eigenvalue weighted by Gasteiger charge is -2.18. The zero-order valence-corrected chi connectivity index (χ0v) is 9.52. The van der Waals surface area contributed by atoms with Crippen LogP contribution in [0.25, 0.3) is 0 Å². The lowest BCUT2D eigenvalue weighted by atomic mass is 10.2. The molecular weight excluding hydrogens is 196 g/mol. The molecule has 1 amide bonds. The zero-order chi connectivity index (χ0) is 11.4. The Hall–Kier alpha value is -1.10. The van der Waals surface area contributed by atoms with Crippen molar-refractivity contribution in [2.75, 3.05) is 34.3 Å². The van der Waals surface area contributed by atoms with Gasteiger partial charge in [-0.05, 0) is 26.4 Å². The second kappa shape index (κ2) is 5.11. The summed E-state index contributed by atoms with van der Waals surface area (Å²) in [5, 5.41) is 0. The van der Waals surface area contributed by atoms with E-state index in [4.69, 9.17) is 4.74 Å². The first kappa shape index (κ1) is 12.0. The minimum Gasteiger partial charge on any atom is -0.454 e. The Kier molecular flexibility index (Phi) is 4.08. The van der Waals surface area contributed by atoms with Gasteiger partial charge in [0.25, 0.3) is 5.91 Å². The predicted octanol–water partition coefficient (Wildman–Crippen LogP) is -0.288. The number of rotatable bonds is 3. The van der Waals surface area contributed by atoms with Crippen LogP contribution in [0.5, 0.6) is 0 Å². The van der Waals surface area contributed by atoms with Gasteiger partial charge in [-0.15, -0.1) is 0 Å². The number of hydrogen-bond donors (Lipinski definition) is 0. The first-order valence-electron chi connectivity index (χ1n) is 5.09. The highest BCUT2D eigenvalue weighted by Gasteiger charge is 2.29. The number of likely N-dealkylation sites (tertiary alicyclic amines) is 1. The molecule has 0 unspecified atom stereocenters. The summed E-state index contributed by atoms with van der Waals surface area (Å²) in [7, 11) is 5.17. The number of ether oxygens (including phenoxy) is 1. The molecular formula is C10H18N2O3. The molecule has 0 bridgehead atoms. The number of hydrogen-bond acceptors (Lipinski definition) is 4. The molecule has 1 aliphatic heterocycles. The summed E-state index contributed by atoms with van der Waals surface area (Å²) >= 11 is 0. The van der Waals surface area contributed by atoms with Crippen LogP contribution >= 0.6 is 0 Å². The summed E-state index contributed by atoms with van der Waals surface area (Å²) in [6, 6.07) is -0.167. The molecule has 1 saturated heterocycles. The standard InChI is InChI=1S/C10H18N2O3/c1-11(2)9(13)7-15-10(14)8-5-4-6-12(8)3/h8H,4-7H2,1-3H3/t8-/m0/s1. The minimum atomic E-state index is -0.287. The Morgan fingerprint density at radius 3 is 2.60 bits per heavy atom. The van der Waals surface area contributed by atoms with Gasteiger partial charge in [-0.2, -0.15) is 0 Å². The number of esters is 1. The lowest BCUT2D eigenvalue weighted by molar-refractivity contribution is -0.154. The van der Waals surface area contributed by atoms with E-state index in [0.717, 1.165) is 19.4 Å². The van der Waals surface area contributed by atoms with Crippen LogP contribution in [0, 0.1) is 0 Å². The van der Waals surface area contributed by atoms with Gasteiger partial charge < -0.3 is 9.64 Å². The summed E-state index contributed by atoms with van der Waals surface area (Å²) in [5.74, 6) is -0.478. The molecule has 0 aromatic rings. The predicted molar refractivity (Wildman–Crippen MR) is 55.3 cm³/mol. The number of carbonyl (C=O) groups is 2. The number of amides is 1. The number of nitrogens with zero attached hydrogens (tertiary/aromatic N) is 2. The SMILES string of the molecule is CN(C)C(=O)COC(=O)[C@@H]1CCCN1C. The first-order chi connectivity index (χ1) is 7.02. The van der Waals surface area contributed by atoms with Crippen LogP contribution in [-0.2, 0) is 14.3 Å². The highest BCUT2D eigenvalue weighted by molar-refractivity contribution is 5.82.